The summed E-state index contributed by atoms with van der Waals surface area (Å²) in [5.41, 5.74) is -4.34. The molecule has 47 heavy (non-hydrogen) atoms. The fourth-order valence-electron chi connectivity index (χ4n) is 11.1. The number of alkyl halides is 3. The highest BCUT2D eigenvalue weighted by atomic mass is 19.4. The van der Waals surface area contributed by atoms with Crippen molar-refractivity contribution in [3.05, 3.63) is 11.1 Å². The molecule has 11 atom stereocenters. The summed E-state index contributed by atoms with van der Waals surface area (Å²) in [6, 6.07) is 0. The summed E-state index contributed by atoms with van der Waals surface area (Å²) in [7, 11) is 0. The molecule has 0 aromatic carbocycles. The molecule has 0 heterocycles. The van der Waals surface area contributed by atoms with Crippen LogP contribution in [0.3, 0.4) is 0 Å². The number of halogens is 3. The van der Waals surface area contributed by atoms with E-state index in [1.54, 1.807) is 0 Å². The van der Waals surface area contributed by atoms with Gasteiger partial charge in [-0.3, -0.25) is 9.59 Å². The van der Waals surface area contributed by atoms with Gasteiger partial charge >= 0.3 is 24.1 Å². The van der Waals surface area contributed by atoms with Crippen LogP contribution in [0, 0.1) is 51.2 Å². The lowest BCUT2D eigenvalue weighted by molar-refractivity contribution is -0.293. The van der Waals surface area contributed by atoms with Crippen molar-refractivity contribution in [2.24, 2.45) is 51.2 Å². The zero-order valence-electron chi connectivity index (χ0n) is 28.8. The molecule has 266 valence electrons. The predicted octanol–water partition coefficient (Wildman–Crippen LogP) is 6.61. The smallest absolute Gasteiger partial charge is 0.404 e. The first-order valence-corrected chi connectivity index (χ1v) is 17.4. The van der Waals surface area contributed by atoms with Gasteiger partial charge in [-0.1, -0.05) is 48.0 Å². The van der Waals surface area contributed by atoms with Crippen molar-refractivity contribution in [1.29, 1.82) is 0 Å². The maximum absolute atomic E-state index is 14.1. The number of carboxylic acid groups (broad SMARTS) is 1. The van der Waals surface area contributed by atoms with E-state index in [2.05, 4.69) is 20.8 Å². The van der Waals surface area contributed by atoms with Crippen LogP contribution in [0.15, 0.2) is 11.1 Å². The Labute approximate surface area is 275 Å². The highest BCUT2D eigenvalue weighted by Crippen LogP contribution is 2.75. The predicted molar refractivity (Wildman–Crippen MR) is 166 cm³/mol. The molecule has 0 amide bonds. The zero-order chi connectivity index (χ0) is 35.1. The van der Waals surface area contributed by atoms with E-state index in [0.717, 1.165) is 6.42 Å². The lowest BCUT2D eigenvalue weighted by Crippen LogP contribution is -2.72. The maximum atomic E-state index is 14.1. The fourth-order valence-corrected chi connectivity index (χ4v) is 11.1. The molecule has 8 nitrogen and oxygen atoms in total. The van der Waals surface area contributed by atoms with E-state index in [-0.39, 0.29) is 36.7 Å². The van der Waals surface area contributed by atoms with Gasteiger partial charge in [0.2, 0.25) is 0 Å². The van der Waals surface area contributed by atoms with Gasteiger partial charge in [-0.05, 0) is 97.9 Å². The molecule has 0 aromatic heterocycles. The number of carbonyl (C=O) groups excluding carboxylic acids is 2. The number of hydrogen-bond donors (Lipinski definition) is 3. The van der Waals surface area contributed by atoms with Gasteiger partial charge in [-0.15, -0.1) is 0 Å². The molecule has 5 rings (SSSR count). The molecule has 0 saturated heterocycles. The summed E-state index contributed by atoms with van der Waals surface area (Å²) in [5.74, 6) is -4.27. The Morgan fingerprint density at radius 3 is 2.17 bits per heavy atom. The molecule has 5 aliphatic rings. The third-order valence-electron chi connectivity index (χ3n) is 13.8. The normalized spacial score (nSPS) is 43.3. The number of ether oxygens (including phenoxy) is 2. The van der Waals surface area contributed by atoms with Gasteiger partial charge in [-0.2, -0.15) is 13.2 Å². The average Bonchev–Trinajstić information content (AvgIpc) is 3.72. The second-order valence-corrected chi connectivity index (χ2v) is 16.6. The minimum Gasteiger partial charge on any atom is -0.478 e. The van der Waals surface area contributed by atoms with Crippen LogP contribution in [0.2, 0.25) is 0 Å². The van der Waals surface area contributed by atoms with Crippen molar-refractivity contribution in [2.75, 3.05) is 0 Å². The fraction of sp³-hybridized carbons (Fsp3) is 0.861. The Balaban J connectivity index is 1.64. The Bertz CT molecular complexity index is 1310. The highest BCUT2D eigenvalue weighted by Gasteiger charge is 2.76. The molecule has 0 radical (unpaired) electrons. The summed E-state index contributed by atoms with van der Waals surface area (Å²) < 4.78 is 54.0. The summed E-state index contributed by atoms with van der Waals surface area (Å²) in [5, 5.41) is 34.0. The molecule has 3 N–H and O–H groups in total. The van der Waals surface area contributed by atoms with E-state index in [9.17, 15) is 42.9 Å². The van der Waals surface area contributed by atoms with Crippen molar-refractivity contribution < 1.29 is 52.3 Å². The summed E-state index contributed by atoms with van der Waals surface area (Å²) in [6.45, 7) is 13.2. The van der Waals surface area contributed by atoms with E-state index in [1.165, 1.54) is 6.92 Å². The van der Waals surface area contributed by atoms with Gasteiger partial charge in [0.1, 0.15) is 12.2 Å². The standard InChI is InChI=1S/C36H53F3O8/c1-18(2)9-8-10-21(30(43)44)26-22-11-12-25-32(5)14-13-23(41)19(3)27(32)28(47-31(45)35(15-16-35)36(37,38)39)29(42)34(25,7)33(22,6)17-24(26)46-20(4)40/h18-19,22-25,27-29,41-42H,8-17H2,1-7H3,(H,43,44)/b26-21-. The third kappa shape index (κ3) is 5.44. The van der Waals surface area contributed by atoms with Crippen molar-refractivity contribution in [3.63, 3.8) is 0 Å². The molecule has 0 aromatic rings. The number of esters is 2. The van der Waals surface area contributed by atoms with Gasteiger partial charge in [0.15, 0.2) is 5.41 Å². The molecule has 11 unspecified atom stereocenters. The topological polar surface area (TPSA) is 130 Å². The van der Waals surface area contributed by atoms with E-state index >= 15 is 0 Å². The van der Waals surface area contributed by atoms with Gasteiger partial charge in [0.05, 0.1) is 12.2 Å². The largest absolute Gasteiger partial charge is 0.478 e. The second-order valence-electron chi connectivity index (χ2n) is 16.6. The molecular formula is C36H53F3O8. The molecule has 5 aliphatic carbocycles. The van der Waals surface area contributed by atoms with Crippen molar-refractivity contribution >= 4 is 17.9 Å². The van der Waals surface area contributed by atoms with Crippen LogP contribution in [0.5, 0.6) is 0 Å². The van der Waals surface area contributed by atoms with Crippen molar-refractivity contribution in [2.45, 2.75) is 143 Å². The maximum Gasteiger partial charge on any atom is 0.404 e. The molecular weight excluding hydrogens is 617 g/mol. The first-order chi connectivity index (χ1) is 21.7. The van der Waals surface area contributed by atoms with E-state index in [1.807, 2.05) is 20.8 Å². The molecule has 0 aliphatic heterocycles. The number of carboxylic acids is 1. The van der Waals surface area contributed by atoms with Gasteiger partial charge < -0.3 is 24.8 Å². The Morgan fingerprint density at radius 1 is 1.00 bits per heavy atom. The van der Waals surface area contributed by atoms with Crippen LogP contribution in [0.4, 0.5) is 13.2 Å². The third-order valence-corrected chi connectivity index (χ3v) is 13.8. The number of hydrogen-bond acceptors (Lipinski definition) is 7. The minimum atomic E-state index is -4.79. The second kappa shape index (κ2) is 12.0. The number of aliphatic hydroxyl groups is 2. The van der Waals surface area contributed by atoms with E-state index in [0.29, 0.717) is 50.0 Å². The average molecular weight is 671 g/mol. The SMILES string of the molecule is CC(=O)OC1CC2(C)C(CCC3C4(C)CCC(O)C(C)C4C(OC(=O)C4(C(F)(F)F)CC4)C(O)C32C)/C1=C(\CCCC(C)C)C(=O)O. The van der Waals surface area contributed by atoms with Crippen LogP contribution in [0.25, 0.3) is 0 Å². The van der Waals surface area contributed by atoms with Crippen LogP contribution in [-0.2, 0) is 23.9 Å². The van der Waals surface area contributed by atoms with Crippen LogP contribution < -0.4 is 0 Å². The first-order valence-electron chi connectivity index (χ1n) is 17.4. The first kappa shape index (κ1) is 36.1. The summed E-state index contributed by atoms with van der Waals surface area (Å²) >= 11 is 0. The van der Waals surface area contributed by atoms with Crippen LogP contribution >= 0.6 is 0 Å². The van der Waals surface area contributed by atoms with Crippen molar-refractivity contribution in [1.82, 2.24) is 0 Å². The van der Waals surface area contributed by atoms with Gasteiger partial charge in [0.25, 0.3) is 0 Å². The minimum absolute atomic E-state index is 0.190. The summed E-state index contributed by atoms with van der Waals surface area (Å²) in [6.07, 6.45) is -5.73. The van der Waals surface area contributed by atoms with Crippen molar-refractivity contribution in [3.8, 4) is 0 Å². The van der Waals surface area contributed by atoms with Crippen LogP contribution in [0.1, 0.15) is 113 Å². The summed E-state index contributed by atoms with van der Waals surface area (Å²) in [4.78, 5) is 38.7. The molecule has 5 saturated carbocycles. The molecule has 0 spiro atoms. The lowest BCUT2D eigenvalue weighted by atomic mass is 9.35. The molecule has 5 fully saturated rings. The Hall–Kier alpha value is -2.14. The monoisotopic (exact) mass is 670 g/mol. The Kier molecular flexibility index (Phi) is 9.25. The quantitative estimate of drug-likeness (QED) is 0.194. The molecule has 11 heteroatoms. The lowest BCUT2D eigenvalue weighted by Gasteiger charge is -2.70. The number of aliphatic hydroxyl groups excluding tert-OH is 2. The van der Waals surface area contributed by atoms with E-state index in [4.69, 9.17) is 9.47 Å². The van der Waals surface area contributed by atoms with Gasteiger partial charge in [0, 0.05) is 23.8 Å². The van der Waals surface area contributed by atoms with E-state index < -0.39 is 82.0 Å². The zero-order valence-corrected chi connectivity index (χ0v) is 28.8. The van der Waals surface area contributed by atoms with Gasteiger partial charge in [-0.25, -0.2) is 4.79 Å². The number of rotatable bonds is 8. The van der Waals surface area contributed by atoms with Crippen LogP contribution in [-0.4, -0.2) is 63.8 Å². The number of aliphatic carboxylic acids is 1. The number of fused-ring (bicyclic) bond motifs is 5. The molecule has 0 bridgehead atoms. The Morgan fingerprint density at radius 2 is 1.64 bits per heavy atom. The number of carbonyl (C=O) groups is 3. The highest BCUT2D eigenvalue weighted by molar-refractivity contribution is 5.88.